The molecule has 0 spiro atoms. The Morgan fingerprint density at radius 2 is 2.05 bits per heavy atom. The lowest BCUT2D eigenvalue weighted by Crippen LogP contribution is -2.34. The van der Waals surface area contributed by atoms with Crippen LogP contribution in [0.4, 0.5) is 5.69 Å². The number of carbonyl (C=O) groups is 1. The molecule has 0 atom stereocenters. The lowest BCUT2D eigenvalue weighted by Gasteiger charge is -2.10. The number of nitrogen functional groups attached to an aromatic ring is 1. The topological polar surface area (TPSA) is 111 Å². The highest BCUT2D eigenvalue weighted by Gasteiger charge is 2.12. The van der Waals surface area contributed by atoms with Gasteiger partial charge >= 0.3 is 0 Å². The molecule has 0 saturated heterocycles. The van der Waals surface area contributed by atoms with Gasteiger partial charge in [0.05, 0.1) is 18.9 Å². The van der Waals surface area contributed by atoms with Gasteiger partial charge in [-0.25, -0.2) is 13.1 Å². The molecule has 0 aromatic heterocycles. The normalized spacial score (nSPS) is 11.1. The summed E-state index contributed by atoms with van der Waals surface area (Å²) in [6.07, 6.45) is 1.05. The van der Waals surface area contributed by atoms with Crippen LogP contribution >= 0.6 is 0 Å². The van der Waals surface area contributed by atoms with E-state index in [1.54, 1.807) is 12.1 Å². The van der Waals surface area contributed by atoms with Crippen LogP contribution in [0.2, 0.25) is 0 Å². The van der Waals surface area contributed by atoms with Crippen LogP contribution in [0.5, 0.6) is 5.75 Å². The Kier molecular flexibility index (Phi) is 5.13. The Morgan fingerprint density at radius 3 is 2.63 bits per heavy atom. The quantitative estimate of drug-likeness (QED) is 0.485. The van der Waals surface area contributed by atoms with E-state index in [0.717, 1.165) is 6.26 Å². The SMILES string of the molecule is COc1ccc(N)cc1C(=O)NCCNS(C)(=O)=O. The number of rotatable bonds is 6. The molecule has 0 aliphatic carbocycles. The molecule has 0 fully saturated rings. The smallest absolute Gasteiger partial charge is 0.255 e. The van der Waals surface area contributed by atoms with Gasteiger partial charge in [0.2, 0.25) is 10.0 Å². The molecule has 1 aromatic carbocycles. The fourth-order valence-electron chi connectivity index (χ4n) is 1.41. The van der Waals surface area contributed by atoms with E-state index in [-0.39, 0.29) is 19.0 Å². The van der Waals surface area contributed by atoms with Crippen LogP contribution < -0.4 is 20.5 Å². The molecule has 1 aromatic rings. The number of ether oxygens (including phenoxy) is 1. The summed E-state index contributed by atoms with van der Waals surface area (Å²) in [4.78, 5) is 11.9. The maximum atomic E-state index is 11.9. The maximum Gasteiger partial charge on any atom is 0.255 e. The first-order valence-electron chi connectivity index (χ1n) is 5.50. The van der Waals surface area contributed by atoms with E-state index in [4.69, 9.17) is 10.5 Å². The molecule has 0 aliphatic heterocycles. The van der Waals surface area contributed by atoms with Crippen molar-refractivity contribution in [1.82, 2.24) is 10.0 Å². The van der Waals surface area contributed by atoms with Gasteiger partial charge in [-0.3, -0.25) is 4.79 Å². The van der Waals surface area contributed by atoms with Crippen LogP contribution in [-0.4, -0.2) is 40.8 Å². The molecule has 106 valence electrons. The largest absolute Gasteiger partial charge is 0.496 e. The average molecular weight is 287 g/mol. The Balaban J connectivity index is 2.61. The summed E-state index contributed by atoms with van der Waals surface area (Å²) in [6.45, 7) is 0.291. The molecule has 0 radical (unpaired) electrons. The molecule has 0 saturated carbocycles. The number of benzene rings is 1. The fraction of sp³-hybridized carbons (Fsp3) is 0.364. The van der Waals surface area contributed by atoms with Crippen molar-refractivity contribution in [3.05, 3.63) is 23.8 Å². The van der Waals surface area contributed by atoms with Crippen molar-refractivity contribution < 1.29 is 17.9 Å². The summed E-state index contributed by atoms with van der Waals surface area (Å²) in [5.41, 5.74) is 6.36. The van der Waals surface area contributed by atoms with Crippen molar-refractivity contribution in [3.8, 4) is 5.75 Å². The second kappa shape index (κ2) is 6.39. The fourth-order valence-corrected chi connectivity index (χ4v) is 1.88. The Morgan fingerprint density at radius 1 is 1.37 bits per heavy atom. The van der Waals surface area contributed by atoms with Gasteiger partial charge in [0.1, 0.15) is 5.75 Å². The van der Waals surface area contributed by atoms with Gasteiger partial charge in [-0.1, -0.05) is 0 Å². The van der Waals surface area contributed by atoms with Crippen LogP contribution in [0.15, 0.2) is 18.2 Å². The highest BCUT2D eigenvalue weighted by molar-refractivity contribution is 7.88. The van der Waals surface area contributed by atoms with Crippen LogP contribution in [0.1, 0.15) is 10.4 Å². The molecule has 7 nitrogen and oxygen atoms in total. The minimum atomic E-state index is -3.25. The number of nitrogens with two attached hydrogens (primary N) is 1. The lowest BCUT2D eigenvalue weighted by atomic mass is 10.1. The molecular weight excluding hydrogens is 270 g/mol. The van der Waals surface area contributed by atoms with Crippen LogP contribution in [-0.2, 0) is 10.0 Å². The summed E-state index contributed by atoms with van der Waals surface area (Å²) in [5.74, 6) is 0.0298. The number of nitrogens with one attached hydrogen (secondary N) is 2. The number of methoxy groups -OCH3 is 1. The number of sulfonamides is 1. The molecule has 8 heteroatoms. The van der Waals surface area contributed by atoms with Crippen molar-refractivity contribution in [3.63, 3.8) is 0 Å². The van der Waals surface area contributed by atoms with Crippen LogP contribution in [0.3, 0.4) is 0 Å². The third kappa shape index (κ3) is 5.14. The van der Waals surface area contributed by atoms with E-state index in [9.17, 15) is 13.2 Å². The molecule has 0 heterocycles. The summed E-state index contributed by atoms with van der Waals surface area (Å²) >= 11 is 0. The second-order valence-electron chi connectivity index (χ2n) is 3.88. The van der Waals surface area contributed by atoms with Gasteiger partial charge in [0.25, 0.3) is 5.91 Å². The van der Waals surface area contributed by atoms with Crippen molar-refractivity contribution in [1.29, 1.82) is 0 Å². The van der Waals surface area contributed by atoms with Gasteiger partial charge in [-0.15, -0.1) is 0 Å². The van der Waals surface area contributed by atoms with Crippen molar-refractivity contribution in [2.24, 2.45) is 0 Å². The third-order valence-corrected chi connectivity index (χ3v) is 2.97. The summed E-state index contributed by atoms with van der Waals surface area (Å²) in [7, 11) is -1.80. The first-order chi connectivity index (χ1) is 8.83. The minimum absolute atomic E-state index is 0.120. The average Bonchev–Trinajstić information content (AvgIpc) is 2.33. The number of carbonyl (C=O) groups excluding carboxylic acids is 1. The predicted molar refractivity (Wildman–Crippen MR) is 72.6 cm³/mol. The van der Waals surface area contributed by atoms with Gasteiger partial charge in [-0.2, -0.15) is 0 Å². The zero-order valence-electron chi connectivity index (χ0n) is 10.8. The summed E-state index contributed by atoms with van der Waals surface area (Å²) < 4.78 is 29.0. The number of anilines is 1. The van der Waals surface area contributed by atoms with E-state index in [1.807, 2.05) is 0 Å². The van der Waals surface area contributed by atoms with E-state index >= 15 is 0 Å². The number of hydrogen-bond acceptors (Lipinski definition) is 5. The first kappa shape index (κ1) is 15.3. The third-order valence-electron chi connectivity index (χ3n) is 2.24. The van der Waals surface area contributed by atoms with E-state index in [0.29, 0.717) is 17.0 Å². The van der Waals surface area contributed by atoms with Gasteiger partial charge in [0, 0.05) is 18.8 Å². The van der Waals surface area contributed by atoms with Gasteiger partial charge in [-0.05, 0) is 18.2 Å². The lowest BCUT2D eigenvalue weighted by molar-refractivity contribution is 0.0951. The van der Waals surface area contributed by atoms with E-state index in [1.165, 1.54) is 13.2 Å². The van der Waals surface area contributed by atoms with Gasteiger partial charge in [0.15, 0.2) is 0 Å². The Labute approximate surface area is 112 Å². The summed E-state index contributed by atoms with van der Waals surface area (Å²) in [6, 6.07) is 4.72. The zero-order valence-corrected chi connectivity index (χ0v) is 11.6. The highest BCUT2D eigenvalue weighted by Crippen LogP contribution is 2.20. The molecule has 0 unspecified atom stereocenters. The molecular formula is C11H17N3O4S. The summed E-state index contributed by atoms with van der Waals surface area (Å²) in [5, 5.41) is 2.57. The molecule has 4 N–H and O–H groups in total. The molecule has 0 bridgehead atoms. The Hall–Kier alpha value is -1.80. The van der Waals surface area contributed by atoms with Crippen molar-refractivity contribution in [2.75, 3.05) is 32.2 Å². The first-order valence-corrected chi connectivity index (χ1v) is 7.39. The Bertz CT molecular complexity index is 557. The van der Waals surface area contributed by atoms with E-state index < -0.39 is 10.0 Å². The molecule has 1 amide bonds. The predicted octanol–water partition coefficient (Wildman–Crippen LogP) is -0.444. The molecule has 0 aliphatic rings. The minimum Gasteiger partial charge on any atom is -0.496 e. The monoisotopic (exact) mass is 287 g/mol. The maximum absolute atomic E-state index is 11.9. The van der Waals surface area contributed by atoms with Crippen molar-refractivity contribution in [2.45, 2.75) is 0 Å². The standard InChI is InChI=1S/C11H17N3O4S/c1-18-10-4-3-8(12)7-9(10)11(15)13-5-6-14-19(2,16)17/h3-4,7,14H,5-6,12H2,1-2H3,(H,13,15). The van der Waals surface area contributed by atoms with E-state index in [2.05, 4.69) is 10.0 Å². The van der Waals surface area contributed by atoms with Gasteiger partial charge < -0.3 is 15.8 Å². The zero-order chi connectivity index (χ0) is 14.5. The second-order valence-corrected chi connectivity index (χ2v) is 5.72. The number of hydrogen-bond donors (Lipinski definition) is 3. The van der Waals surface area contributed by atoms with Crippen LogP contribution in [0.25, 0.3) is 0 Å². The highest BCUT2D eigenvalue weighted by atomic mass is 32.2. The molecule has 19 heavy (non-hydrogen) atoms. The molecule has 1 rings (SSSR count). The van der Waals surface area contributed by atoms with Crippen LogP contribution in [0, 0.1) is 0 Å². The van der Waals surface area contributed by atoms with Crippen molar-refractivity contribution >= 4 is 21.6 Å². The number of amides is 1.